The average molecular weight is 321 g/mol. The summed E-state index contributed by atoms with van der Waals surface area (Å²) in [4.78, 5) is 15.6. The van der Waals surface area contributed by atoms with Crippen LogP contribution in [0.1, 0.15) is 45.8 Å². The second kappa shape index (κ2) is 6.72. The maximum Gasteiger partial charge on any atom is 0.351 e. The van der Waals surface area contributed by atoms with Gasteiger partial charge in [-0.1, -0.05) is 13.8 Å². The second-order valence-electron chi connectivity index (χ2n) is 6.34. The van der Waals surface area contributed by atoms with E-state index in [0.717, 1.165) is 31.4 Å². The Balaban J connectivity index is 1.58. The van der Waals surface area contributed by atoms with E-state index in [1.54, 1.807) is 6.20 Å². The smallest absolute Gasteiger partial charge is 0.351 e. The topological polar surface area (TPSA) is 85.6 Å². The zero-order chi connectivity index (χ0) is 16.4. The van der Waals surface area contributed by atoms with Crippen molar-refractivity contribution in [2.24, 2.45) is 5.92 Å². The molecule has 1 aromatic heterocycles. The van der Waals surface area contributed by atoms with E-state index in [1.807, 2.05) is 5.48 Å². The van der Waals surface area contributed by atoms with E-state index in [2.05, 4.69) is 18.8 Å². The molecule has 1 aromatic rings. The van der Waals surface area contributed by atoms with Crippen molar-refractivity contribution in [3.8, 4) is 0 Å². The van der Waals surface area contributed by atoms with Crippen molar-refractivity contribution in [3.63, 3.8) is 0 Å². The summed E-state index contributed by atoms with van der Waals surface area (Å²) in [6.45, 7) is 4.80. The van der Waals surface area contributed by atoms with Gasteiger partial charge in [0.05, 0.1) is 11.9 Å². The molecule has 2 fully saturated rings. The van der Waals surface area contributed by atoms with Crippen LogP contribution in [0.4, 0.5) is 5.82 Å². The lowest BCUT2D eigenvalue weighted by Gasteiger charge is -2.19. The number of nitrogens with one attached hydrogen (secondary N) is 1. The predicted molar refractivity (Wildman–Crippen MR) is 84.1 cm³/mol. The highest BCUT2D eigenvalue weighted by atomic mass is 16.6. The lowest BCUT2D eigenvalue weighted by Crippen LogP contribution is -2.28. The van der Waals surface area contributed by atoms with Crippen molar-refractivity contribution < 1.29 is 14.7 Å². The predicted octanol–water partition coefficient (Wildman–Crippen LogP) is 2.44. The molecule has 7 nitrogen and oxygen atoms in total. The Morgan fingerprint density at radius 1 is 1.52 bits per heavy atom. The fourth-order valence-corrected chi connectivity index (χ4v) is 2.88. The minimum absolute atomic E-state index is 0.0179. The Labute approximate surface area is 134 Å². The molecule has 0 spiro atoms. The molecule has 2 atom stereocenters. The lowest BCUT2D eigenvalue weighted by molar-refractivity contribution is -0.0335. The number of ether oxygens (including phenoxy) is 2. The Morgan fingerprint density at radius 2 is 2.30 bits per heavy atom. The van der Waals surface area contributed by atoms with Gasteiger partial charge in [0, 0.05) is 12.1 Å². The van der Waals surface area contributed by atoms with Gasteiger partial charge >= 0.3 is 5.69 Å². The van der Waals surface area contributed by atoms with Crippen LogP contribution in [0.5, 0.6) is 0 Å². The molecule has 1 aliphatic carbocycles. The van der Waals surface area contributed by atoms with Crippen molar-refractivity contribution in [2.45, 2.75) is 51.9 Å². The average Bonchev–Trinajstić information content (AvgIpc) is 3.25. The van der Waals surface area contributed by atoms with Crippen molar-refractivity contribution >= 4 is 5.82 Å². The fraction of sp³-hybridized carbons (Fsp3) is 0.625. The summed E-state index contributed by atoms with van der Waals surface area (Å²) in [6, 6.07) is 1.53. The van der Waals surface area contributed by atoms with Crippen LogP contribution in [-0.2, 0) is 9.47 Å². The maximum atomic E-state index is 11.9. The Morgan fingerprint density at radius 3 is 2.91 bits per heavy atom. The molecule has 2 heterocycles. The summed E-state index contributed by atoms with van der Waals surface area (Å²) in [5.74, 6) is 1.63. The molecule has 3 rings (SSSR count). The van der Waals surface area contributed by atoms with Crippen LogP contribution in [-0.4, -0.2) is 27.5 Å². The minimum Gasteiger partial charge on any atom is -0.495 e. The van der Waals surface area contributed by atoms with E-state index < -0.39 is 5.69 Å². The van der Waals surface area contributed by atoms with Gasteiger partial charge in [0.1, 0.15) is 12.8 Å². The van der Waals surface area contributed by atoms with Crippen LogP contribution >= 0.6 is 0 Å². The standard InChI is InChI=1S/C16H23N3O4/c1-10(2)15(11-3-4-11)22-9-12-5-6-14(23-12)19-8-7-13(18-21)17-16(19)20/h7-8,10,12,14,21H,3-6,9H2,1-2H3,(H,17,18,20). The van der Waals surface area contributed by atoms with E-state index >= 15 is 0 Å². The van der Waals surface area contributed by atoms with Crippen LogP contribution in [0.2, 0.25) is 0 Å². The quantitative estimate of drug-likeness (QED) is 0.618. The van der Waals surface area contributed by atoms with Crippen molar-refractivity contribution in [1.82, 2.24) is 9.55 Å². The van der Waals surface area contributed by atoms with Gasteiger partial charge in [-0.2, -0.15) is 4.98 Å². The molecule has 7 heteroatoms. The first-order valence-corrected chi connectivity index (χ1v) is 8.08. The minimum atomic E-state index is -0.446. The highest BCUT2D eigenvalue weighted by Gasteiger charge is 2.29. The van der Waals surface area contributed by atoms with Gasteiger partial charge in [-0.3, -0.25) is 15.3 Å². The van der Waals surface area contributed by atoms with E-state index in [-0.39, 0.29) is 18.1 Å². The van der Waals surface area contributed by atoms with Gasteiger partial charge in [-0.05, 0) is 37.3 Å². The van der Waals surface area contributed by atoms with Crippen LogP contribution in [0, 0.1) is 5.92 Å². The summed E-state index contributed by atoms with van der Waals surface area (Å²) in [6.07, 6.45) is 5.12. The van der Waals surface area contributed by atoms with Crippen molar-refractivity contribution in [1.29, 1.82) is 0 Å². The third-order valence-electron chi connectivity index (χ3n) is 4.14. The van der Waals surface area contributed by atoms with Crippen molar-refractivity contribution in [3.05, 3.63) is 34.1 Å². The Hall–Kier alpha value is -1.86. The molecule has 2 N–H and O–H groups in total. The molecule has 2 aliphatic rings. The number of hydrogen-bond donors (Lipinski definition) is 2. The number of hydrogen-bond acceptors (Lipinski definition) is 6. The van der Waals surface area contributed by atoms with E-state index in [9.17, 15) is 4.79 Å². The maximum absolute atomic E-state index is 11.9. The molecule has 1 saturated heterocycles. The van der Waals surface area contributed by atoms with Gasteiger partial charge < -0.3 is 9.47 Å². The number of aromatic nitrogens is 2. The Kier molecular flexibility index (Phi) is 4.68. The molecule has 23 heavy (non-hydrogen) atoms. The molecule has 0 bridgehead atoms. The lowest BCUT2D eigenvalue weighted by atomic mass is 10.1. The molecule has 1 aliphatic heterocycles. The first kappa shape index (κ1) is 16.0. The first-order chi connectivity index (χ1) is 11.1. The molecule has 0 amide bonds. The van der Waals surface area contributed by atoms with Gasteiger partial charge in [-0.25, -0.2) is 4.79 Å². The summed E-state index contributed by atoms with van der Waals surface area (Å²) < 4.78 is 13.3. The largest absolute Gasteiger partial charge is 0.495 e. The fourth-order valence-electron chi connectivity index (χ4n) is 2.88. The van der Waals surface area contributed by atoms with Gasteiger partial charge in [0.25, 0.3) is 0 Å². The molecule has 2 unspecified atom stereocenters. The molecule has 0 radical (unpaired) electrons. The summed E-state index contributed by atoms with van der Waals surface area (Å²) in [5, 5.41) is 8.76. The van der Waals surface area contributed by atoms with E-state index in [4.69, 9.17) is 14.7 Å². The SMILES string of the molecule is CC(C)C(OCC1CCC(n2ccc(NO)nc2=O)O1)=C1CC1. The number of nitrogens with zero attached hydrogens (tertiary/aromatic N) is 2. The second-order valence-corrected chi connectivity index (χ2v) is 6.34. The van der Waals surface area contributed by atoms with Crippen LogP contribution < -0.4 is 11.2 Å². The van der Waals surface area contributed by atoms with Gasteiger partial charge in [0.15, 0.2) is 5.82 Å². The third-order valence-corrected chi connectivity index (χ3v) is 4.14. The zero-order valence-electron chi connectivity index (χ0n) is 13.5. The molecule has 126 valence electrons. The molecule has 0 aromatic carbocycles. The van der Waals surface area contributed by atoms with Crippen molar-refractivity contribution in [2.75, 3.05) is 12.1 Å². The summed E-state index contributed by atoms with van der Waals surface area (Å²) in [5.41, 5.74) is 2.84. The van der Waals surface area contributed by atoms with E-state index in [0.29, 0.717) is 12.5 Å². The monoisotopic (exact) mass is 321 g/mol. The van der Waals surface area contributed by atoms with Gasteiger partial charge in [-0.15, -0.1) is 0 Å². The number of anilines is 1. The summed E-state index contributed by atoms with van der Waals surface area (Å²) >= 11 is 0. The van der Waals surface area contributed by atoms with Gasteiger partial charge in [0.2, 0.25) is 0 Å². The zero-order valence-corrected chi connectivity index (χ0v) is 13.5. The first-order valence-electron chi connectivity index (χ1n) is 8.08. The van der Waals surface area contributed by atoms with Crippen LogP contribution in [0.25, 0.3) is 0 Å². The molecular formula is C16H23N3O4. The Bertz CT molecular complexity index is 647. The van der Waals surface area contributed by atoms with E-state index in [1.165, 1.54) is 16.2 Å². The molecular weight excluding hydrogens is 298 g/mol. The van der Waals surface area contributed by atoms with Crippen LogP contribution in [0.3, 0.4) is 0 Å². The number of allylic oxidation sites excluding steroid dienone is 2. The highest BCUT2D eigenvalue weighted by Crippen LogP contribution is 2.36. The summed E-state index contributed by atoms with van der Waals surface area (Å²) in [7, 11) is 0. The molecule has 1 saturated carbocycles. The normalized spacial score (nSPS) is 23.2. The number of rotatable bonds is 6. The highest BCUT2D eigenvalue weighted by molar-refractivity contribution is 5.28. The van der Waals surface area contributed by atoms with Crippen LogP contribution in [0.15, 0.2) is 28.4 Å². The third kappa shape index (κ3) is 3.73.